The van der Waals surface area contributed by atoms with Crippen LogP contribution in [-0.2, 0) is 19.2 Å². The third-order valence-electron chi connectivity index (χ3n) is 9.02. The van der Waals surface area contributed by atoms with Gasteiger partial charge >= 0.3 is 0 Å². The van der Waals surface area contributed by atoms with Crippen molar-refractivity contribution in [2.75, 3.05) is 17.5 Å². The summed E-state index contributed by atoms with van der Waals surface area (Å²) < 4.78 is 5.89. The van der Waals surface area contributed by atoms with Crippen LogP contribution in [0.15, 0.2) is 50.9 Å². The number of nitro benzene ring substituents is 1. The molecule has 11 nitrogen and oxygen atoms in total. The lowest BCUT2D eigenvalue weighted by Gasteiger charge is -2.51. The molecule has 3 fully saturated rings. The number of likely N-dealkylation sites (tertiary alicyclic amines) is 1. The molecule has 0 aromatic heterocycles. The molecule has 2 heterocycles. The average Bonchev–Trinajstić information content (AvgIpc) is 3.34. The van der Waals surface area contributed by atoms with Crippen LogP contribution in [0, 0.1) is 27.9 Å². The van der Waals surface area contributed by atoms with Crippen LogP contribution >= 0.6 is 71.0 Å². The van der Waals surface area contributed by atoms with E-state index >= 15 is 0 Å². The number of methoxy groups -OCH3 is 1. The van der Waals surface area contributed by atoms with E-state index in [0.29, 0.717) is 15.6 Å². The molecule has 4 aliphatic rings. The van der Waals surface area contributed by atoms with Crippen molar-refractivity contribution in [2.45, 2.75) is 28.5 Å². The lowest BCUT2D eigenvalue weighted by atomic mass is 9.56. The number of halogens is 5. The van der Waals surface area contributed by atoms with Gasteiger partial charge in [0.1, 0.15) is 0 Å². The van der Waals surface area contributed by atoms with E-state index in [-0.39, 0.29) is 45.6 Å². The molecule has 2 aromatic rings. The summed E-state index contributed by atoms with van der Waals surface area (Å²) in [5, 5.41) is 22.1. The maximum Gasteiger partial charge on any atom is 0.271 e. The molecule has 6 rings (SSSR count). The fourth-order valence-electron chi connectivity index (χ4n) is 7.08. The van der Waals surface area contributed by atoms with Gasteiger partial charge in [-0.3, -0.25) is 34.2 Å². The first kappa shape index (κ1) is 31.5. The van der Waals surface area contributed by atoms with Gasteiger partial charge < -0.3 is 9.84 Å². The van der Waals surface area contributed by atoms with Gasteiger partial charge in [0.2, 0.25) is 11.8 Å². The number of phenolic OH excluding ortho intramolecular Hbond substituents is 1. The molecule has 4 amide bonds. The second-order valence-electron chi connectivity index (χ2n) is 10.9. The van der Waals surface area contributed by atoms with E-state index < -0.39 is 62.0 Å². The second kappa shape index (κ2) is 10.8. The molecule has 0 radical (unpaired) electrons. The molecule has 2 aromatic carbocycles. The minimum Gasteiger partial charge on any atom is -0.503 e. The molecule has 2 aliphatic heterocycles. The first-order valence-corrected chi connectivity index (χ1v) is 16.6. The van der Waals surface area contributed by atoms with Crippen LogP contribution in [0.3, 0.4) is 0 Å². The molecule has 2 saturated heterocycles. The molecule has 1 saturated carbocycles. The number of fused-ring (bicyclic) bond motifs is 4. The Hall–Kier alpha value is -2.52. The van der Waals surface area contributed by atoms with Gasteiger partial charge in [0.05, 0.1) is 39.5 Å². The van der Waals surface area contributed by atoms with Gasteiger partial charge in [-0.05, 0) is 68.3 Å². The second-order valence-corrected chi connectivity index (χ2v) is 14.2. The first-order chi connectivity index (χ1) is 20.7. The highest BCUT2D eigenvalue weighted by Gasteiger charge is 2.76. The van der Waals surface area contributed by atoms with Crippen LogP contribution in [0.25, 0.3) is 0 Å². The normalized spacial score (nSPS) is 31.1. The molecular formula is C28H20Br3Cl2N3O8. The Morgan fingerprint density at radius 3 is 2.43 bits per heavy atom. The molecule has 6 unspecified atom stereocenters. The number of hydrogen-bond acceptors (Lipinski definition) is 8. The Labute approximate surface area is 285 Å². The first-order valence-electron chi connectivity index (χ1n) is 13.1. The van der Waals surface area contributed by atoms with Crippen molar-refractivity contribution in [1.82, 2.24) is 4.90 Å². The number of nitro groups is 1. The van der Waals surface area contributed by atoms with E-state index in [9.17, 15) is 34.4 Å². The lowest BCUT2D eigenvalue weighted by molar-refractivity contribution is -0.384. The summed E-state index contributed by atoms with van der Waals surface area (Å²) in [4.78, 5) is 64.2. The van der Waals surface area contributed by atoms with Crippen LogP contribution in [0.4, 0.5) is 11.4 Å². The molecule has 0 bridgehead atoms. The minimum absolute atomic E-state index is 0.0463. The number of ether oxygens (including phenoxy) is 1. The van der Waals surface area contributed by atoms with Gasteiger partial charge in [0, 0.05) is 22.5 Å². The summed E-state index contributed by atoms with van der Waals surface area (Å²) in [6.07, 6.45) is 1.63. The SMILES string of the molecule is COc1cc(C2C3=CCC4C(=O)N(c5cccc([N+](=O)[O-])c5)C(=O)C4C3CC3(Cl)C(=O)N(CBr)C(=O)C23Cl)c(Br)c(Br)c1O. The summed E-state index contributed by atoms with van der Waals surface area (Å²) in [6, 6.07) is 6.72. The van der Waals surface area contributed by atoms with Crippen LogP contribution in [0.5, 0.6) is 11.5 Å². The molecule has 230 valence electrons. The number of non-ortho nitro benzene ring substituents is 1. The highest BCUT2D eigenvalue weighted by molar-refractivity contribution is 9.13. The highest BCUT2D eigenvalue weighted by atomic mass is 79.9. The maximum atomic E-state index is 14.1. The quantitative estimate of drug-likeness (QED) is 0.100. The number of carbonyl (C=O) groups excluding carboxylic acids is 4. The summed E-state index contributed by atoms with van der Waals surface area (Å²) in [6.45, 7) is 0. The maximum absolute atomic E-state index is 14.1. The van der Waals surface area contributed by atoms with E-state index in [1.54, 1.807) is 6.08 Å². The highest BCUT2D eigenvalue weighted by Crippen LogP contribution is 2.67. The van der Waals surface area contributed by atoms with Crippen molar-refractivity contribution in [3.63, 3.8) is 0 Å². The topological polar surface area (TPSA) is 147 Å². The molecule has 0 spiro atoms. The zero-order valence-corrected chi connectivity index (χ0v) is 28.7. The van der Waals surface area contributed by atoms with Gasteiger partial charge in [0.25, 0.3) is 17.5 Å². The predicted octanol–water partition coefficient (Wildman–Crippen LogP) is 5.75. The Balaban J connectivity index is 1.55. The van der Waals surface area contributed by atoms with E-state index in [0.717, 1.165) is 15.9 Å². The van der Waals surface area contributed by atoms with Gasteiger partial charge in [-0.25, -0.2) is 4.90 Å². The summed E-state index contributed by atoms with van der Waals surface area (Å²) in [5.74, 6) is -6.59. The van der Waals surface area contributed by atoms with Crippen molar-refractivity contribution in [1.29, 1.82) is 0 Å². The Morgan fingerprint density at radius 2 is 1.80 bits per heavy atom. The van der Waals surface area contributed by atoms with E-state index in [1.807, 2.05) is 0 Å². The average molecular weight is 837 g/mol. The number of allylic oxidation sites excluding steroid dienone is 2. The van der Waals surface area contributed by atoms with Gasteiger partial charge in [-0.2, -0.15) is 0 Å². The monoisotopic (exact) mass is 833 g/mol. The number of carbonyl (C=O) groups is 4. The van der Waals surface area contributed by atoms with Crippen LogP contribution in [0.1, 0.15) is 24.3 Å². The zero-order chi connectivity index (χ0) is 32.0. The van der Waals surface area contributed by atoms with Crippen molar-refractivity contribution < 1.29 is 33.9 Å². The van der Waals surface area contributed by atoms with Crippen molar-refractivity contribution in [3.8, 4) is 11.5 Å². The van der Waals surface area contributed by atoms with Crippen molar-refractivity contribution in [2.24, 2.45) is 17.8 Å². The molecule has 1 N–H and O–H groups in total. The van der Waals surface area contributed by atoms with Crippen molar-refractivity contribution in [3.05, 3.63) is 66.6 Å². The van der Waals surface area contributed by atoms with E-state index in [1.165, 1.54) is 31.4 Å². The molecule has 44 heavy (non-hydrogen) atoms. The van der Waals surface area contributed by atoms with E-state index in [4.69, 9.17) is 27.9 Å². The predicted molar refractivity (Wildman–Crippen MR) is 169 cm³/mol. The number of nitrogens with zero attached hydrogens (tertiary/aromatic N) is 3. The fraction of sp³-hybridized carbons (Fsp3) is 0.357. The number of hydrogen-bond donors (Lipinski definition) is 1. The number of amides is 4. The third kappa shape index (κ3) is 4.03. The molecule has 16 heteroatoms. The number of imide groups is 2. The Bertz CT molecular complexity index is 1740. The number of anilines is 1. The summed E-state index contributed by atoms with van der Waals surface area (Å²) in [7, 11) is 1.35. The zero-order valence-electron chi connectivity index (χ0n) is 22.4. The largest absolute Gasteiger partial charge is 0.503 e. The summed E-state index contributed by atoms with van der Waals surface area (Å²) in [5.41, 5.74) is 0.459. The van der Waals surface area contributed by atoms with Gasteiger partial charge in [-0.15, -0.1) is 23.2 Å². The number of benzene rings is 2. The van der Waals surface area contributed by atoms with E-state index in [2.05, 4.69) is 47.8 Å². The molecule has 6 atom stereocenters. The summed E-state index contributed by atoms with van der Waals surface area (Å²) >= 11 is 24.5. The van der Waals surface area contributed by atoms with Gasteiger partial charge in [0.15, 0.2) is 21.2 Å². The van der Waals surface area contributed by atoms with Gasteiger partial charge in [-0.1, -0.05) is 33.6 Å². The Morgan fingerprint density at radius 1 is 1.09 bits per heavy atom. The molecule has 2 aliphatic carbocycles. The smallest absolute Gasteiger partial charge is 0.271 e. The lowest BCUT2D eigenvalue weighted by Crippen LogP contribution is -2.60. The molecular weight excluding hydrogens is 817 g/mol. The number of rotatable bonds is 5. The van der Waals surface area contributed by atoms with Crippen LogP contribution in [-0.4, -0.2) is 60.9 Å². The van der Waals surface area contributed by atoms with Crippen molar-refractivity contribution >= 4 is 106 Å². The standard InChI is InChI=1S/C28H20Br3Cl2N3O8/c1-44-17-8-15(20(30)21(31)22(17)37)19-13-5-6-14-18(16(13)9-27(32)25(40)34(10-29)26(41)28(19,27)33)24(39)35(23(14)38)11-3-2-4-12(7-11)36(42)43/h2-5,7-8,14,16,18-19,37H,6,9-10H2,1H3. The fourth-order valence-corrected chi connectivity index (χ4v) is 9.45. The Kier molecular flexibility index (Phi) is 7.71. The van der Waals surface area contributed by atoms with Crippen LogP contribution in [0.2, 0.25) is 0 Å². The van der Waals surface area contributed by atoms with Crippen LogP contribution < -0.4 is 9.64 Å². The number of aromatic hydroxyl groups is 1. The number of phenols is 1. The minimum atomic E-state index is -2.07. The number of alkyl halides is 3. The third-order valence-corrected chi connectivity index (χ3v) is 13.1.